The van der Waals surface area contributed by atoms with E-state index in [1.54, 1.807) is 6.07 Å². The normalized spacial score (nSPS) is 18.7. The van der Waals surface area contributed by atoms with Crippen molar-refractivity contribution in [2.75, 3.05) is 11.5 Å². The van der Waals surface area contributed by atoms with Gasteiger partial charge in [-0.25, -0.2) is 4.21 Å². The van der Waals surface area contributed by atoms with Crippen molar-refractivity contribution in [2.45, 2.75) is 6.42 Å². The van der Waals surface area contributed by atoms with Gasteiger partial charge in [-0.05, 0) is 34.5 Å². The molecule has 1 aromatic rings. The SMILES string of the molecule is O=S1(=Nc2cccc(Br)c2Cl)CCC1. The van der Waals surface area contributed by atoms with E-state index in [-0.39, 0.29) is 0 Å². The quantitative estimate of drug-likeness (QED) is 0.778. The first kappa shape index (κ1) is 10.5. The summed E-state index contributed by atoms with van der Waals surface area (Å²) in [7, 11) is -1.96. The van der Waals surface area contributed by atoms with Crippen LogP contribution in [0.1, 0.15) is 6.42 Å². The number of rotatable bonds is 1. The lowest BCUT2D eigenvalue weighted by Crippen LogP contribution is -2.22. The lowest BCUT2D eigenvalue weighted by atomic mass is 10.3. The van der Waals surface area contributed by atoms with Crippen molar-refractivity contribution in [1.82, 2.24) is 0 Å². The molecule has 14 heavy (non-hydrogen) atoms. The van der Waals surface area contributed by atoms with Gasteiger partial charge in [-0.15, -0.1) is 0 Å². The third-order valence-electron chi connectivity index (χ3n) is 2.12. The predicted molar refractivity (Wildman–Crippen MR) is 63.7 cm³/mol. The Labute approximate surface area is 97.0 Å². The summed E-state index contributed by atoms with van der Waals surface area (Å²) in [4.78, 5) is 0. The van der Waals surface area contributed by atoms with Crippen molar-refractivity contribution < 1.29 is 4.21 Å². The molecule has 5 heteroatoms. The minimum Gasteiger partial charge on any atom is -0.249 e. The standard InChI is InChI=1S/C9H9BrClNOS/c10-7-3-1-4-8(9(7)11)12-14(13)5-2-6-14/h1,3-4H,2,5-6H2. The fourth-order valence-corrected chi connectivity index (χ4v) is 3.27. The average molecular weight is 295 g/mol. The molecule has 0 aromatic heterocycles. The van der Waals surface area contributed by atoms with Crippen LogP contribution in [0, 0.1) is 0 Å². The molecule has 0 saturated carbocycles. The van der Waals surface area contributed by atoms with Crippen LogP contribution >= 0.6 is 27.5 Å². The largest absolute Gasteiger partial charge is 0.249 e. The maximum absolute atomic E-state index is 11.8. The second-order valence-electron chi connectivity index (χ2n) is 3.20. The monoisotopic (exact) mass is 293 g/mol. The predicted octanol–water partition coefficient (Wildman–Crippen LogP) is 3.61. The van der Waals surface area contributed by atoms with Crippen molar-refractivity contribution in [1.29, 1.82) is 0 Å². The first-order valence-electron chi connectivity index (χ1n) is 4.27. The Balaban J connectivity index is 2.48. The highest BCUT2D eigenvalue weighted by molar-refractivity contribution is 9.10. The highest BCUT2D eigenvalue weighted by atomic mass is 79.9. The van der Waals surface area contributed by atoms with Crippen LogP contribution in [0.2, 0.25) is 5.02 Å². The molecule has 1 aliphatic heterocycles. The molecule has 1 fully saturated rings. The van der Waals surface area contributed by atoms with Gasteiger partial charge in [0.05, 0.1) is 20.4 Å². The van der Waals surface area contributed by atoms with Gasteiger partial charge in [0.2, 0.25) is 0 Å². The minimum atomic E-state index is -1.96. The van der Waals surface area contributed by atoms with Gasteiger partial charge >= 0.3 is 0 Å². The second-order valence-corrected chi connectivity index (χ2v) is 6.98. The summed E-state index contributed by atoms with van der Waals surface area (Å²) in [5.41, 5.74) is 0.630. The smallest absolute Gasteiger partial charge is 0.0927 e. The Hall–Kier alpha value is -0.0600. The molecular weight excluding hydrogens is 286 g/mol. The van der Waals surface area contributed by atoms with E-state index in [9.17, 15) is 4.21 Å². The van der Waals surface area contributed by atoms with E-state index in [0.717, 1.165) is 10.9 Å². The molecule has 0 radical (unpaired) electrons. The number of halogens is 2. The molecule has 2 nitrogen and oxygen atoms in total. The molecule has 0 amide bonds. The maximum atomic E-state index is 11.8. The summed E-state index contributed by atoms with van der Waals surface area (Å²) in [5, 5.41) is 0.544. The Morgan fingerprint density at radius 1 is 1.43 bits per heavy atom. The summed E-state index contributed by atoms with van der Waals surface area (Å²) < 4.78 is 16.9. The van der Waals surface area contributed by atoms with Crippen LogP contribution in [-0.2, 0) is 9.73 Å². The van der Waals surface area contributed by atoms with Gasteiger partial charge in [-0.1, -0.05) is 17.7 Å². The number of benzene rings is 1. The molecule has 0 aliphatic carbocycles. The molecule has 1 saturated heterocycles. The van der Waals surface area contributed by atoms with Crippen LogP contribution in [0.4, 0.5) is 5.69 Å². The van der Waals surface area contributed by atoms with Gasteiger partial charge in [-0.2, -0.15) is 4.36 Å². The van der Waals surface area contributed by atoms with Gasteiger partial charge in [-0.3, -0.25) is 0 Å². The van der Waals surface area contributed by atoms with E-state index < -0.39 is 9.73 Å². The number of hydrogen-bond donors (Lipinski definition) is 0. The summed E-state index contributed by atoms with van der Waals surface area (Å²) >= 11 is 9.32. The third kappa shape index (κ3) is 1.97. The molecular formula is C9H9BrClNOS. The molecule has 1 aromatic carbocycles. The fraction of sp³-hybridized carbons (Fsp3) is 0.333. The summed E-state index contributed by atoms with van der Waals surface area (Å²) in [6.45, 7) is 0. The first-order valence-corrected chi connectivity index (χ1v) is 7.30. The third-order valence-corrected chi connectivity index (χ3v) is 5.79. The molecule has 0 unspecified atom stereocenters. The van der Waals surface area contributed by atoms with Gasteiger partial charge < -0.3 is 0 Å². The van der Waals surface area contributed by atoms with Gasteiger partial charge in [0, 0.05) is 16.0 Å². The zero-order valence-electron chi connectivity index (χ0n) is 7.37. The van der Waals surface area contributed by atoms with E-state index in [4.69, 9.17) is 11.6 Å². The summed E-state index contributed by atoms with van der Waals surface area (Å²) in [6, 6.07) is 5.48. The van der Waals surface area contributed by atoms with Crippen LogP contribution in [0.3, 0.4) is 0 Å². The van der Waals surface area contributed by atoms with Crippen molar-refractivity contribution in [3.05, 3.63) is 27.7 Å². The highest BCUT2D eigenvalue weighted by Crippen LogP contribution is 2.34. The Morgan fingerprint density at radius 3 is 2.71 bits per heavy atom. The van der Waals surface area contributed by atoms with E-state index in [0.29, 0.717) is 22.2 Å². The highest BCUT2D eigenvalue weighted by Gasteiger charge is 2.19. The molecule has 1 aliphatic rings. The van der Waals surface area contributed by atoms with Crippen molar-refractivity contribution in [3.63, 3.8) is 0 Å². The van der Waals surface area contributed by atoms with E-state index in [2.05, 4.69) is 20.3 Å². The van der Waals surface area contributed by atoms with Crippen molar-refractivity contribution >= 4 is 42.9 Å². The van der Waals surface area contributed by atoms with Gasteiger partial charge in [0.1, 0.15) is 0 Å². The molecule has 76 valence electrons. The lowest BCUT2D eigenvalue weighted by Gasteiger charge is -2.18. The Morgan fingerprint density at radius 2 is 2.14 bits per heavy atom. The minimum absolute atomic E-state index is 0.544. The van der Waals surface area contributed by atoms with Crippen molar-refractivity contribution in [2.24, 2.45) is 4.36 Å². The van der Waals surface area contributed by atoms with Gasteiger partial charge in [0.15, 0.2) is 0 Å². The van der Waals surface area contributed by atoms with E-state index >= 15 is 0 Å². The Kier molecular flexibility index (Phi) is 2.86. The Bertz CT molecular complexity index is 470. The summed E-state index contributed by atoms with van der Waals surface area (Å²) in [5.74, 6) is 1.41. The average Bonchev–Trinajstić information content (AvgIpc) is 2.10. The molecule has 0 spiro atoms. The second kappa shape index (κ2) is 3.83. The van der Waals surface area contributed by atoms with Crippen molar-refractivity contribution in [3.8, 4) is 0 Å². The maximum Gasteiger partial charge on any atom is 0.0927 e. The topological polar surface area (TPSA) is 29.4 Å². The van der Waals surface area contributed by atoms with Crippen LogP contribution in [0.5, 0.6) is 0 Å². The zero-order chi connectivity index (χ0) is 10.2. The molecule has 0 bridgehead atoms. The van der Waals surface area contributed by atoms with Crippen LogP contribution in [-0.4, -0.2) is 15.7 Å². The van der Waals surface area contributed by atoms with Crippen LogP contribution in [0.15, 0.2) is 27.0 Å². The molecule has 0 atom stereocenters. The van der Waals surface area contributed by atoms with E-state index in [1.807, 2.05) is 12.1 Å². The van der Waals surface area contributed by atoms with E-state index in [1.165, 1.54) is 0 Å². The zero-order valence-corrected chi connectivity index (χ0v) is 10.5. The van der Waals surface area contributed by atoms with Gasteiger partial charge in [0.25, 0.3) is 0 Å². The first-order chi connectivity index (χ1) is 6.61. The lowest BCUT2D eigenvalue weighted by molar-refractivity contribution is 0.663. The fourth-order valence-electron chi connectivity index (χ4n) is 1.22. The number of nitrogens with zero attached hydrogens (tertiary/aromatic N) is 1. The van der Waals surface area contributed by atoms with Crippen LogP contribution in [0.25, 0.3) is 0 Å². The molecule has 0 N–H and O–H groups in total. The molecule has 1 heterocycles. The number of hydrogen-bond acceptors (Lipinski definition) is 2. The molecule has 2 rings (SSSR count). The van der Waals surface area contributed by atoms with Crippen LogP contribution < -0.4 is 0 Å². The summed E-state index contributed by atoms with van der Waals surface area (Å²) in [6.07, 6.45) is 1.01.